The number of hydrogen-bond donors (Lipinski definition) is 2. The van der Waals surface area contributed by atoms with Crippen molar-refractivity contribution in [2.45, 2.75) is 37.8 Å². The highest BCUT2D eigenvalue weighted by Crippen LogP contribution is 2.35. The Morgan fingerprint density at radius 2 is 1.90 bits per heavy atom. The van der Waals surface area contributed by atoms with Crippen molar-refractivity contribution in [1.29, 1.82) is 0 Å². The molecule has 3 aromatic carbocycles. The molecular weight excluding hydrogens is 520 g/mol. The predicted octanol–water partition coefficient (Wildman–Crippen LogP) is 5.17. The first-order valence-corrected chi connectivity index (χ1v) is 12.8. The average Bonchev–Trinajstić information content (AvgIpc) is 3.26. The van der Waals surface area contributed by atoms with Gasteiger partial charge in [0, 0.05) is 48.2 Å². The molecule has 208 valence electrons. The summed E-state index contributed by atoms with van der Waals surface area (Å²) in [5.41, 5.74) is 9.62. The Hall–Kier alpha value is -4.47. The van der Waals surface area contributed by atoms with Gasteiger partial charge in [-0.25, -0.2) is 13.8 Å². The maximum absolute atomic E-state index is 13.8. The summed E-state index contributed by atoms with van der Waals surface area (Å²) in [5, 5.41) is 15.5. The first kappa shape index (κ1) is 28.5. The number of halogens is 2. The lowest BCUT2D eigenvalue weighted by molar-refractivity contribution is -0.128. The van der Waals surface area contributed by atoms with E-state index in [0.29, 0.717) is 41.2 Å². The summed E-state index contributed by atoms with van der Waals surface area (Å²) in [7, 11) is 0. The fourth-order valence-corrected chi connectivity index (χ4v) is 4.47. The van der Waals surface area contributed by atoms with Crippen LogP contribution in [0.1, 0.15) is 30.0 Å². The highest BCUT2D eigenvalue weighted by atomic mass is 19.1. The molecule has 2 atom stereocenters. The summed E-state index contributed by atoms with van der Waals surface area (Å²) in [6, 6.07) is 17.2. The Morgan fingerprint density at radius 1 is 1.18 bits per heavy atom. The highest BCUT2D eigenvalue weighted by molar-refractivity contribution is 6.01. The number of rotatable bonds is 12. The molecule has 11 heteroatoms. The Morgan fingerprint density at radius 3 is 2.60 bits per heavy atom. The third kappa shape index (κ3) is 6.74. The maximum atomic E-state index is 13.8. The van der Waals surface area contributed by atoms with Gasteiger partial charge in [0.2, 0.25) is 5.90 Å². The van der Waals surface area contributed by atoms with Crippen LogP contribution in [-0.4, -0.2) is 48.3 Å². The molecular formula is C29H29F2N5O4. The molecule has 0 spiro atoms. The Kier molecular flexibility index (Phi) is 9.31. The number of ether oxygens (including phenoxy) is 2. The van der Waals surface area contributed by atoms with Crippen LogP contribution in [0, 0.1) is 11.6 Å². The average molecular weight is 550 g/mol. The quantitative estimate of drug-likeness (QED) is 0.140. The van der Waals surface area contributed by atoms with Gasteiger partial charge in [0.05, 0.1) is 6.61 Å². The molecule has 0 aromatic heterocycles. The van der Waals surface area contributed by atoms with Crippen LogP contribution in [0.2, 0.25) is 0 Å². The summed E-state index contributed by atoms with van der Waals surface area (Å²) in [4.78, 5) is 21.4. The van der Waals surface area contributed by atoms with Crippen LogP contribution in [0.5, 0.6) is 5.75 Å². The number of aliphatic imine (C=N–C) groups is 1. The van der Waals surface area contributed by atoms with Crippen molar-refractivity contribution in [1.82, 2.24) is 5.32 Å². The van der Waals surface area contributed by atoms with E-state index in [1.807, 2.05) is 0 Å². The number of amides is 1. The van der Waals surface area contributed by atoms with Gasteiger partial charge in [-0.15, -0.1) is 0 Å². The van der Waals surface area contributed by atoms with Crippen LogP contribution in [0.4, 0.5) is 14.5 Å². The molecule has 1 aliphatic rings. The monoisotopic (exact) mass is 549 g/mol. The van der Waals surface area contributed by atoms with Gasteiger partial charge < -0.3 is 19.9 Å². The van der Waals surface area contributed by atoms with Crippen molar-refractivity contribution < 1.29 is 28.2 Å². The minimum absolute atomic E-state index is 0.0344. The second kappa shape index (κ2) is 13.1. The number of nitrogens with zero attached hydrogens (tertiary/aromatic N) is 4. The minimum atomic E-state index is -1.42. The first-order chi connectivity index (χ1) is 19.3. The van der Waals surface area contributed by atoms with Crippen molar-refractivity contribution in [3.63, 3.8) is 0 Å². The van der Waals surface area contributed by atoms with E-state index in [4.69, 9.17) is 25.1 Å². The molecule has 2 N–H and O–H groups in total. The summed E-state index contributed by atoms with van der Waals surface area (Å²) in [6.07, 6.45) is 0.0946. The molecule has 1 amide bonds. The number of azide groups is 1. The summed E-state index contributed by atoms with van der Waals surface area (Å²) in [6.45, 7) is 2.26. The van der Waals surface area contributed by atoms with Gasteiger partial charge in [-0.3, -0.25) is 4.79 Å². The molecule has 1 aliphatic heterocycles. The van der Waals surface area contributed by atoms with Crippen LogP contribution in [0.25, 0.3) is 10.4 Å². The van der Waals surface area contributed by atoms with Crippen molar-refractivity contribution >= 4 is 17.5 Å². The number of carbonyl (C=O) groups is 1. The fraction of sp³-hybridized carbons (Fsp3) is 0.310. The predicted molar refractivity (Wildman–Crippen MR) is 145 cm³/mol. The molecule has 3 aromatic rings. The standard InChI is InChI=1S/C29H29F2N5O4/c1-19-29(18-22-5-2-3-6-26(22)35-36-32,28(38)33-12-11-20-15-23(30)17-24(31)16-20)34-27(40-19)21-7-9-25(10-8-21)39-14-4-13-37/h2-3,5-10,15-17,19,37H,4,11-14,18H2,1H3,(H,33,38)/t19-,29-/m1/s1. The number of aliphatic hydroxyl groups is 1. The van der Waals surface area contributed by atoms with Crippen LogP contribution in [-0.2, 0) is 22.4 Å². The summed E-state index contributed by atoms with van der Waals surface area (Å²) in [5.74, 6) is -0.942. The van der Waals surface area contributed by atoms with E-state index < -0.39 is 29.2 Å². The molecule has 0 fully saturated rings. The lowest BCUT2D eigenvalue weighted by Crippen LogP contribution is -2.52. The molecule has 40 heavy (non-hydrogen) atoms. The normalized spacial score (nSPS) is 17.9. The zero-order valence-corrected chi connectivity index (χ0v) is 21.9. The largest absolute Gasteiger partial charge is 0.494 e. The Balaban J connectivity index is 1.61. The Bertz CT molecular complexity index is 1410. The zero-order valence-electron chi connectivity index (χ0n) is 21.9. The lowest BCUT2D eigenvalue weighted by Gasteiger charge is -2.28. The minimum Gasteiger partial charge on any atom is -0.494 e. The van der Waals surface area contributed by atoms with Crippen molar-refractivity contribution in [3.8, 4) is 5.75 Å². The van der Waals surface area contributed by atoms with Crippen LogP contribution >= 0.6 is 0 Å². The molecule has 1 heterocycles. The molecule has 0 saturated heterocycles. The van der Waals surface area contributed by atoms with E-state index in [9.17, 15) is 13.6 Å². The third-order valence-electron chi connectivity index (χ3n) is 6.55. The van der Waals surface area contributed by atoms with Gasteiger partial charge in [-0.1, -0.05) is 29.4 Å². The smallest absolute Gasteiger partial charge is 0.252 e. The van der Waals surface area contributed by atoms with Crippen molar-refractivity contribution in [2.24, 2.45) is 10.1 Å². The Labute approximate surface area is 230 Å². The van der Waals surface area contributed by atoms with E-state index in [-0.39, 0.29) is 31.9 Å². The SMILES string of the molecule is C[C@H]1OC(c2ccc(OCCCO)cc2)=N[C@@]1(Cc1ccccc1N=[N+]=[N-])C(=O)NCCc1cc(F)cc(F)c1. The molecule has 4 rings (SSSR count). The van der Waals surface area contributed by atoms with E-state index in [2.05, 4.69) is 15.3 Å². The summed E-state index contributed by atoms with van der Waals surface area (Å²) < 4.78 is 38.9. The van der Waals surface area contributed by atoms with Crippen LogP contribution in [0.15, 0.2) is 76.8 Å². The topological polar surface area (TPSA) is 129 Å². The number of aliphatic hydroxyl groups excluding tert-OH is 1. The summed E-state index contributed by atoms with van der Waals surface area (Å²) >= 11 is 0. The molecule has 0 saturated carbocycles. The van der Waals surface area contributed by atoms with Gasteiger partial charge in [0.15, 0.2) is 5.54 Å². The van der Waals surface area contributed by atoms with E-state index in [0.717, 1.165) is 6.07 Å². The zero-order chi connectivity index (χ0) is 28.5. The van der Waals surface area contributed by atoms with Gasteiger partial charge in [-0.05, 0) is 66.4 Å². The third-order valence-corrected chi connectivity index (χ3v) is 6.55. The van der Waals surface area contributed by atoms with Gasteiger partial charge in [-0.2, -0.15) is 0 Å². The number of hydrogen-bond acceptors (Lipinski definition) is 6. The van der Waals surface area contributed by atoms with E-state index >= 15 is 0 Å². The lowest BCUT2D eigenvalue weighted by atomic mass is 9.85. The van der Waals surface area contributed by atoms with Gasteiger partial charge >= 0.3 is 0 Å². The van der Waals surface area contributed by atoms with E-state index in [1.165, 1.54) is 12.1 Å². The maximum Gasteiger partial charge on any atom is 0.252 e. The molecule has 9 nitrogen and oxygen atoms in total. The van der Waals surface area contributed by atoms with E-state index in [1.54, 1.807) is 55.5 Å². The fourth-order valence-electron chi connectivity index (χ4n) is 4.47. The first-order valence-electron chi connectivity index (χ1n) is 12.8. The van der Waals surface area contributed by atoms with Crippen LogP contribution < -0.4 is 10.1 Å². The molecule has 0 bridgehead atoms. The van der Waals surface area contributed by atoms with Crippen LogP contribution in [0.3, 0.4) is 0 Å². The number of benzene rings is 3. The highest BCUT2D eigenvalue weighted by Gasteiger charge is 2.50. The van der Waals surface area contributed by atoms with Crippen molar-refractivity contribution in [2.75, 3.05) is 19.8 Å². The molecule has 0 radical (unpaired) electrons. The molecule has 0 aliphatic carbocycles. The number of carbonyl (C=O) groups excluding carboxylic acids is 1. The number of nitrogens with one attached hydrogen (secondary N) is 1. The second-order valence-corrected chi connectivity index (χ2v) is 9.33. The second-order valence-electron chi connectivity index (χ2n) is 9.33. The van der Waals surface area contributed by atoms with Gasteiger partial charge in [0.25, 0.3) is 5.91 Å². The van der Waals surface area contributed by atoms with Gasteiger partial charge in [0.1, 0.15) is 23.5 Å². The van der Waals surface area contributed by atoms with Crippen molar-refractivity contribution in [3.05, 3.63) is 105 Å². The molecule has 0 unspecified atom stereocenters.